The Kier molecular flexibility index (Phi) is 3.34. The van der Waals surface area contributed by atoms with E-state index in [0.717, 1.165) is 31.5 Å². The average molecular weight is 208 g/mol. The molecular weight excluding hydrogens is 192 g/mol. The van der Waals surface area contributed by atoms with Crippen molar-refractivity contribution in [2.75, 3.05) is 13.1 Å². The van der Waals surface area contributed by atoms with E-state index in [9.17, 15) is 4.79 Å². The second-order valence-electron chi connectivity index (χ2n) is 3.87. The van der Waals surface area contributed by atoms with Gasteiger partial charge in [-0.1, -0.05) is 0 Å². The van der Waals surface area contributed by atoms with Gasteiger partial charge in [-0.3, -0.25) is 9.89 Å². The van der Waals surface area contributed by atoms with E-state index in [1.807, 2.05) is 0 Å². The summed E-state index contributed by atoms with van der Waals surface area (Å²) in [6, 6.07) is 0. The molecule has 5 heteroatoms. The highest BCUT2D eigenvalue weighted by atomic mass is 16.1. The number of nitrogens with zero attached hydrogens (tertiary/aromatic N) is 1. The van der Waals surface area contributed by atoms with E-state index in [4.69, 9.17) is 0 Å². The van der Waals surface area contributed by atoms with Gasteiger partial charge in [-0.2, -0.15) is 5.10 Å². The van der Waals surface area contributed by atoms with Crippen molar-refractivity contribution in [2.24, 2.45) is 5.92 Å². The minimum Gasteiger partial charge on any atom is -0.352 e. The molecule has 3 N–H and O–H groups in total. The molecule has 0 radical (unpaired) electrons. The van der Waals surface area contributed by atoms with Crippen molar-refractivity contribution in [1.29, 1.82) is 0 Å². The summed E-state index contributed by atoms with van der Waals surface area (Å²) in [4.78, 5) is 11.7. The second kappa shape index (κ2) is 4.93. The van der Waals surface area contributed by atoms with Gasteiger partial charge < -0.3 is 10.6 Å². The fourth-order valence-corrected chi connectivity index (χ4v) is 1.78. The maximum atomic E-state index is 11.7. The van der Waals surface area contributed by atoms with Crippen LogP contribution < -0.4 is 10.6 Å². The van der Waals surface area contributed by atoms with E-state index in [0.29, 0.717) is 6.54 Å². The Hall–Kier alpha value is -1.36. The first-order valence-corrected chi connectivity index (χ1v) is 5.32. The lowest BCUT2D eigenvalue weighted by Crippen LogP contribution is -2.40. The van der Waals surface area contributed by atoms with Crippen molar-refractivity contribution in [3.63, 3.8) is 0 Å². The number of nitrogens with one attached hydrogen (secondary N) is 3. The van der Waals surface area contributed by atoms with Gasteiger partial charge in [0.2, 0.25) is 5.91 Å². The number of aromatic nitrogens is 2. The van der Waals surface area contributed by atoms with Crippen LogP contribution in [0.1, 0.15) is 18.4 Å². The van der Waals surface area contributed by atoms with Crippen LogP contribution >= 0.6 is 0 Å². The maximum Gasteiger partial charge on any atom is 0.224 e. The van der Waals surface area contributed by atoms with Gasteiger partial charge in [-0.25, -0.2) is 0 Å². The molecule has 1 fully saturated rings. The van der Waals surface area contributed by atoms with E-state index >= 15 is 0 Å². The van der Waals surface area contributed by atoms with Crippen LogP contribution in [0.15, 0.2) is 12.4 Å². The smallest absolute Gasteiger partial charge is 0.224 e. The summed E-state index contributed by atoms with van der Waals surface area (Å²) in [5.74, 6) is 0.272. The van der Waals surface area contributed by atoms with Crippen LogP contribution in [0.3, 0.4) is 0 Å². The van der Waals surface area contributed by atoms with Crippen molar-refractivity contribution >= 4 is 5.91 Å². The zero-order chi connectivity index (χ0) is 10.5. The van der Waals surface area contributed by atoms with Crippen molar-refractivity contribution in [1.82, 2.24) is 20.8 Å². The van der Waals surface area contributed by atoms with Crippen LogP contribution in [0.25, 0.3) is 0 Å². The molecule has 1 aromatic rings. The summed E-state index contributed by atoms with van der Waals surface area (Å²) >= 11 is 0. The lowest BCUT2D eigenvalue weighted by molar-refractivity contribution is -0.125. The van der Waals surface area contributed by atoms with E-state index in [2.05, 4.69) is 20.8 Å². The molecule has 1 aliphatic rings. The molecule has 15 heavy (non-hydrogen) atoms. The average Bonchev–Trinajstić information content (AvgIpc) is 2.80. The lowest BCUT2D eigenvalue weighted by atomic mass is 9.99. The van der Waals surface area contributed by atoms with Gasteiger partial charge in [-0.15, -0.1) is 0 Å². The quantitative estimate of drug-likeness (QED) is 0.656. The largest absolute Gasteiger partial charge is 0.352 e. The number of hydrogen-bond acceptors (Lipinski definition) is 3. The second-order valence-corrected chi connectivity index (χ2v) is 3.87. The number of rotatable bonds is 3. The topological polar surface area (TPSA) is 69.8 Å². The van der Waals surface area contributed by atoms with Crippen molar-refractivity contribution in [3.8, 4) is 0 Å². The highest BCUT2D eigenvalue weighted by molar-refractivity contribution is 5.78. The zero-order valence-electron chi connectivity index (χ0n) is 8.62. The Balaban J connectivity index is 1.76. The van der Waals surface area contributed by atoms with Crippen molar-refractivity contribution < 1.29 is 4.79 Å². The standard InChI is InChI=1S/C10H16N4O/c15-10(9-2-1-3-11-7-9)12-4-8-5-13-14-6-8/h5-6,9,11H,1-4,7H2,(H,12,15)(H,13,14)/t9-/m0/s1. The molecule has 0 saturated carbocycles. The predicted molar refractivity (Wildman–Crippen MR) is 56.0 cm³/mol. The minimum atomic E-state index is 0.130. The van der Waals surface area contributed by atoms with E-state index in [1.54, 1.807) is 12.4 Å². The number of piperidine rings is 1. The molecule has 0 bridgehead atoms. The molecule has 82 valence electrons. The number of carbonyl (C=O) groups excluding carboxylic acids is 1. The Morgan fingerprint density at radius 3 is 3.27 bits per heavy atom. The highest BCUT2D eigenvalue weighted by Gasteiger charge is 2.20. The van der Waals surface area contributed by atoms with Gasteiger partial charge in [0.1, 0.15) is 0 Å². The Bertz CT molecular complexity index is 303. The molecule has 1 amide bonds. The fraction of sp³-hybridized carbons (Fsp3) is 0.600. The van der Waals surface area contributed by atoms with Gasteiger partial charge in [-0.05, 0) is 19.4 Å². The number of H-pyrrole nitrogens is 1. The zero-order valence-corrected chi connectivity index (χ0v) is 8.62. The van der Waals surface area contributed by atoms with Gasteiger partial charge in [0.15, 0.2) is 0 Å². The lowest BCUT2D eigenvalue weighted by Gasteiger charge is -2.21. The summed E-state index contributed by atoms with van der Waals surface area (Å²) in [5, 5.41) is 12.7. The first kappa shape index (κ1) is 10.2. The first-order valence-electron chi connectivity index (χ1n) is 5.32. The van der Waals surface area contributed by atoms with Gasteiger partial charge in [0, 0.05) is 24.8 Å². The van der Waals surface area contributed by atoms with Gasteiger partial charge in [0.25, 0.3) is 0 Å². The Morgan fingerprint density at radius 2 is 2.60 bits per heavy atom. The van der Waals surface area contributed by atoms with Crippen LogP contribution in [0.5, 0.6) is 0 Å². The number of carbonyl (C=O) groups is 1. The van der Waals surface area contributed by atoms with Crippen LogP contribution in [0.2, 0.25) is 0 Å². The third-order valence-corrected chi connectivity index (χ3v) is 2.69. The number of amides is 1. The molecule has 0 aromatic carbocycles. The fourth-order valence-electron chi connectivity index (χ4n) is 1.78. The summed E-state index contributed by atoms with van der Waals surface area (Å²) in [6.07, 6.45) is 5.59. The summed E-state index contributed by atoms with van der Waals surface area (Å²) in [7, 11) is 0. The molecule has 1 saturated heterocycles. The Labute approximate surface area is 88.6 Å². The molecule has 1 atom stereocenters. The molecule has 0 aliphatic carbocycles. The Morgan fingerprint density at radius 1 is 1.67 bits per heavy atom. The molecular formula is C10H16N4O. The van der Waals surface area contributed by atoms with Crippen LogP contribution in [-0.2, 0) is 11.3 Å². The van der Waals surface area contributed by atoms with Gasteiger partial charge >= 0.3 is 0 Å². The maximum absolute atomic E-state index is 11.7. The molecule has 0 spiro atoms. The summed E-state index contributed by atoms with van der Waals surface area (Å²) < 4.78 is 0. The number of hydrogen-bond donors (Lipinski definition) is 3. The van der Waals surface area contributed by atoms with Crippen LogP contribution in [-0.4, -0.2) is 29.2 Å². The van der Waals surface area contributed by atoms with Crippen LogP contribution in [0, 0.1) is 5.92 Å². The van der Waals surface area contributed by atoms with E-state index < -0.39 is 0 Å². The summed E-state index contributed by atoms with van der Waals surface area (Å²) in [5.41, 5.74) is 1.01. The SMILES string of the molecule is O=C(NCc1cn[nH]c1)[C@H]1CCCNC1. The molecule has 1 aromatic heterocycles. The normalized spacial score (nSPS) is 21.2. The van der Waals surface area contributed by atoms with Crippen molar-refractivity contribution in [3.05, 3.63) is 18.0 Å². The van der Waals surface area contributed by atoms with E-state index in [1.165, 1.54) is 0 Å². The van der Waals surface area contributed by atoms with E-state index in [-0.39, 0.29) is 11.8 Å². The van der Waals surface area contributed by atoms with Gasteiger partial charge in [0.05, 0.1) is 12.1 Å². The minimum absolute atomic E-state index is 0.130. The predicted octanol–water partition coefficient (Wildman–Crippen LogP) is 0.0255. The molecule has 2 heterocycles. The molecule has 0 unspecified atom stereocenters. The molecule has 2 rings (SSSR count). The third kappa shape index (κ3) is 2.79. The molecule has 1 aliphatic heterocycles. The molecule has 5 nitrogen and oxygen atoms in total. The summed E-state index contributed by atoms with van der Waals surface area (Å²) in [6.45, 7) is 2.40. The first-order chi connectivity index (χ1) is 7.36. The third-order valence-electron chi connectivity index (χ3n) is 2.69. The van der Waals surface area contributed by atoms with Crippen LogP contribution in [0.4, 0.5) is 0 Å². The monoisotopic (exact) mass is 208 g/mol. The highest BCUT2D eigenvalue weighted by Crippen LogP contribution is 2.09. The van der Waals surface area contributed by atoms with Crippen molar-refractivity contribution in [2.45, 2.75) is 19.4 Å². The number of aromatic amines is 1.